The van der Waals surface area contributed by atoms with Gasteiger partial charge in [-0.1, -0.05) is 0 Å². The Morgan fingerprint density at radius 3 is 2.94 bits per heavy atom. The van der Waals surface area contributed by atoms with Crippen molar-refractivity contribution >= 4 is 27.4 Å². The number of nitrogens with zero attached hydrogens (tertiary/aromatic N) is 3. The molecule has 0 radical (unpaired) electrons. The molecule has 0 spiro atoms. The molecule has 1 fully saturated rings. The summed E-state index contributed by atoms with van der Waals surface area (Å²) < 4.78 is 0.685. The van der Waals surface area contributed by atoms with Crippen LogP contribution in [0.2, 0.25) is 0 Å². The predicted molar refractivity (Wildman–Crippen MR) is 66.0 cm³/mol. The Hall–Kier alpha value is -1.21. The van der Waals surface area contributed by atoms with Gasteiger partial charge in [0.15, 0.2) is 6.20 Å². The van der Waals surface area contributed by atoms with Gasteiger partial charge in [0.25, 0.3) is 0 Å². The lowest BCUT2D eigenvalue weighted by Crippen LogP contribution is -2.30. The molecule has 92 valence electrons. The summed E-state index contributed by atoms with van der Waals surface area (Å²) in [5, 5.41) is 20.8. The molecular weight excluding hydrogens is 290 g/mol. The molecule has 1 atom stereocenters. The van der Waals surface area contributed by atoms with E-state index in [1.807, 2.05) is 0 Å². The van der Waals surface area contributed by atoms with Crippen molar-refractivity contribution in [2.75, 3.05) is 18.0 Å². The van der Waals surface area contributed by atoms with Crippen LogP contribution in [-0.2, 0) is 0 Å². The number of rotatable bonds is 2. The topological polar surface area (TPSA) is 79.5 Å². The monoisotopic (exact) mass is 301 g/mol. The van der Waals surface area contributed by atoms with Crippen molar-refractivity contribution in [3.05, 3.63) is 26.9 Å². The SMILES string of the molecule is CC1(O)CCN(c2cc(Br)cnc2[N+](=O)[O-])C1. The van der Waals surface area contributed by atoms with Gasteiger partial charge in [-0.25, -0.2) is 0 Å². The molecule has 1 unspecified atom stereocenters. The zero-order valence-corrected chi connectivity index (χ0v) is 10.8. The molecule has 1 saturated heterocycles. The molecule has 1 aromatic heterocycles. The van der Waals surface area contributed by atoms with Gasteiger partial charge in [0.05, 0.1) is 10.1 Å². The van der Waals surface area contributed by atoms with Crippen molar-refractivity contribution < 1.29 is 10.0 Å². The van der Waals surface area contributed by atoms with E-state index < -0.39 is 10.5 Å². The molecule has 7 heteroatoms. The molecule has 2 rings (SSSR count). The van der Waals surface area contributed by atoms with E-state index in [1.165, 1.54) is 6.20 Å². The van der Waals surface area contributed by atoms with Gasteiger partial charge in [0.2, 0.25) is 0 Å². The Morgan fingerprint density at radius 1 is 1.71 bits per heavy atom. The summed E-state index contributed by atoms with van der Waals surface area (Å²) in [6, 6.07) is 1.66. The number of halogens is 1. The third kappa shape index (κ3) is 2.55. The van der Waals surface area contributed by atoms with E-state index in [2.05, 4.69) is 20.9 Å². The predicted octanol–water partition coefficient (Wildman–Crippen LogP) is 1.71. The molecule has 0 bridgehead atoms. The fourth-order valence-corrected chi connectivity index (χ4v) is 2.26. The van der Waals surface area contributed by atoms with E-state index in [-0.39, 0.29) is 5.82 Å². The van der Waals surface area contributed by atoms with Crippen LogP contribution in [-0.4, -0.2) is 33.7 Å². The first-order chi connectivity index (χ1) is 7.89. The smallest absolute Gasteiger partial charge is 0.387 e. The minimum Gasteiger partial charge on any atom is -0.388 e. The molecular formula is C10H12BrN3O3. The highest BCUT2D eigenvalue weighted by Gasteiger charge is 2.34. The van der Waals surface area contributed by atoms with E-state index in [1.54, 1.807) is 17.9 Å². The minimum atomic E-state index is -0.795. The number of β-amino-alcohol motifs (C(OH)–C–C–N with tert-alkyl or cyclic N) is 1. The lowest BCUT2D eigenvalue weighted by molar-refractivity contribution is -0.388. The van der Waals surface area contributed by atoms with E-state index in [0.717, 1.165) is 0 Å². The highest BCUT2D eigenvalue weighted by atomic mass is 79.9. The van der Waals surface area contributed by atoms with Crippen LogP contribution in [0.4, 0.5) is 11.5 Å². The number of aromatic nitrogens is 1. The molecule has 0 saturated carbocycles. The molecule has 1 aromatic rings. The largest absolute Gasteiger partial charge is 0.388 e. The molecule has 0 amide bonds. The highest BCUT2D eigenvalue weighted by molar-refractivity contribution is 9.10. The second-order valence-corrected chi connectivity index (χ2v) is 5.34. The maximum atomic E-state index is 10.9. The lowest BCUT2D eigenvalue weighted by Gasteiger charge is -2.20. The van der Waals surface area contributed by atoms with E-state index in [0.29, 0.717) is 29.7 Å². The fourth-order valence-electron chi connectivity index (χ4n) is 1.95. The maximum absolute atomic E-state index is 10.9. The summed E-state index contributed by atoms with van der Waals surface area (Å²) in [5.41, 5.74) is -0.349. The summed E-state index contributed by atoms with van der Waals surface area (Å²) in [6.07, 6.45) is 1.99. The molecule has 1 aliphatic rings. The lowest BCUT2D eigenvalue weighted by atomic mass is 10.1. The average Bonchev–Trinajstić information content (AvgIpc) is 2.58. The van der Waals surface area contributed by atoms with Crippen molar-refractivity contribution in [3.63, 3.8) is 0 Å². The van der Waals surface area contributed by atoms with Gasteiger partial charge < -0.3 is 20.1 Å². The van der Waals surface area contributed by atoms with Crippen molar-refractivity contribution in [1.29, 1.82) is 0 Å². The van der Waals surface area contributed by atoms with Gasteiger partial charge in [0, 0.05) is 13.1 Å². The molecule has 2 heterocycles. The van der Waals surface area contributed by atoms with Crippen LogP contribution in [0.1, 0.15) is 13.3 Å². The van der Waals surface area contributed by atoms with Gasteiger partial charge in [-0.3, -0.25) is 0 Å². The maximum Gasteiger partial charge on any atom is 0.387 e. The van der Waals surface area contributed by atoms with Crippen LogP contribution in [0.3, 0.4) is 0 Å². The Kier molecular flexibility index (Phi) is 3.05. The van der Waals surface area contributed by atoms with Gasteiger partial charge >= 0.3 is 5.82 Å². The Morgan fingerprint density at radius 2 is 2.41 bits per heavy atom. The average molecular weight is 302 g/mol. The third-order valence-electron chi connectivity index (χ3n) is 2.78. The van der Waals surface area contributed by atoms with E-state index in [4.69, 9.17) is 0 Å². The number of pyridine rings is 1. The summed E-state index contributed by atoms with van der Waals surface area (Å²) in [5.74, 6) is -0.175. The number of nitro groups is 1. The van der Waals surface area contributed by atoms with Crippen molar-refractivity contribution in [2.45, 2.75) is 18.9 Å². The van der Waals surface area contributed by atoms with Gasteiger partial charge in [-0.05, 0) is 45.2 Å². The van der Waals surface area contributed by atoms with Crippen molar-refractivity contribution in [1.82, 2.24) is 4.98 Å². The van der Waals surface area contributed by atoms with Gasteiger partial charge in [0.1, 0.15) is 5.69 Å². The van der Waals surface area contributed by atoms with Crippen LogP contribution >= 0.6 is 15.9 Å². The molecule has 17 heavy (non-hydrogen) atoms. The molecule has 1 aliphatic heterocycles. The zero-order chi connectivity index (χ0) is 12.6. The summed E-state index contributed by atoms with van der Waals surface area (Å²) in [4.78, 5) is 16.0. The normalized spacial score (nSPS) is 24.1. The Balaban J connectivity index is 2.38. The first kappa shape index (κ1) is 12.3. The number of anilines is 1. The van der Waals surface area contributed by atoms with Crippen molar-refractivity contribution in [2.24, 2.45) is 0 Å². The first-order valence-electron chi connectivity index (χ1n) is 5.16. The molecule has 0 aliphatic carbocycles. The summed E-state index contributed by atoms with van der Waals surface area (Å²) >= 11 is 3.25. The first-order valence-corrected chi connectivity index (χ1v) is 5.96. The Bertz CT molecular complexity index is 464. The van der Waals surface area contributed by atoms with Gasteiger partial charge in [-0.15, -0.1) is 0 Å². The molecule has 0 aromatic carbocycles. The van der Waals surface area contributed by atoms with Crippen LogP contribution in [0.5, 0.6) is 0 Å². The zero-order valence-electron chi connectivity index (χ0n) is 9.26. The second-order valence-electron chi connectivity index (χ2n) is 4.42. The number of hydrogen-bond donors (Lipinski definition) is 1. The molecule has 6 nitrogen and oxygen atoms in total. The van der Waals surface area contributed by atoms with Crippen LogP contribution in [0, 0.1) is 10.1 Å². The quantitative estimate of drug-likeness (QED) is 0.664. The van der Waals surface area contributed by atoms with E-state index >= 15 is 0 Å². The van der Waals surface area contributed by atoms with Crippen LogP contribution in [0.15, 0.2) is 16.7 Å². The summed E-state index contributed by atoms with van der Waals surface area (Å²) in [7, 11) is 0. The standard InChI is InChI=1S/C10H12BrN3O3/c1-10(15)2-3-13(6-10)8-4-7(11)5-12-9(8)14(16)17/h4-5,15H,2-3,6H2,1H3. The Labute approximate surface area is 107 Å². The van der Waals surface area contributed by atoms with Crippen LogP contribution in [0.25, 0.3) is 0 Å². The van der Waals surface area contributed by atoms with Crippen LogP contribution < -0.4 is 4.90 Å². The summed E-state index contributed by atoms with van der Waals surface area (Å²) in [6.45, 7) is 2.70. The van der Waals surface area contributed by atoms with E-state index in [9.17, 15) is 15.2 Å². The fraction of sp³-hybridized carbons (Fsp3) is 0.500. The number of aliphatic hydroxyl groups is 1. The molecule has 1 N–H and O–H groups in total. The van der Waals surface area contributed by atoms with Crippen molar-refractivity contribution in [3.8, 4) is 0 Å². The highest BCUT2D eigenvalue weighted by Crippen LogP contribution is 2.33. The van der Waals surface area contributed by atoms with Gasteiger partial charge in [-0.2, -0.15) is 0 Å². The number of hydrogen-bond acceptors (Lipinski definition) is 5. The second kappa shape index (κ2) is 4.23. The third-order valence-corrected chi connectivity index (χ3v) is 3.21. The minimum absolute atomic E-state index is 0.175.